The highest BCUT2D eigenvalue weighted by molar-refractivity contribution is 5.97. The van der Waals surface area contributed by atoms with Gasteiger partial charge in [-0.1, -0.05) is 0 Å². The molecule has 0 aliphatic carbocycles. The van der Waals surface area contributed by atoms with E-state index in [1.165, 1.54) is 0 Å². The Morgan fingerprint density at radius 1 is 0.469 bits per heavy atom. The van der Waals surface area contributed by atoms with Gasteiger partial charge in [-0.25, -0.2) is 0 Å². The summed E-state index contributed by atoms with van der Waals surface area (Å²) in [6, 6.07) is -7.78. The fourth-order valence-corrected chi connectivity index (χ4v) is 4.89. The lowest BCUT2D eigenvalue weighted by Gasteiger charge is -2.21. The number of nitrogens with two attached hydrogens (primary N) is 3. The maximum atomic E-state index is 13.1. The predicted octanol–water partition coefficient (Wildman–Crippen LogP) is -10.2. The first-order valence-electron chi connectivity index (χ1n) is 19.1. The molecular formula is C34H55N13O17. The highest BCUT2D eigenvalue weighted by Gasteiger charge is 2.28. The van der Waals surface area contributed by atoms with Crippen LogP contribution in [0.25, 0.3) is 0 Å². The van der Waals surface area contributed by atoms with Crippen molar-refractivity contribution in [1.82, 2.24) is 53.2 Å². The molecule has 4 unspecified atom stereocenters. The quantitative estimate of drug-likeness (QED) is 0.0279. The number of carbonyl (C=O) groups is 14. The minimum Gasteiger partial charge on any atom is -0.481 e. The first-order valence-corrected chi connectivity index (χ1v) is 19.1. The Labute approximate surface area is 363 Å². The monoisotopic (exact) mass is 917 g/mol. The number of amides is 12. The number of aliphatic hydroxyl groups excluding tert-OH is 1. The van der Waals surface area contributed by atoms with Crippen molar-refractivity contribution in [1.29, 1.82) is 0 Å². The van der Waals surface area contributed by atoms with E-state index in [4.69, 9.17) is 22.3 Å². The maximum absolute atomic E-state index is 13.1. The van der Waals surface area contributed by atoms with Gasteiger partial charge < -0.3 is 85.7 Å². The number of hydrogen-bond acceptors (Lipinski definition) is 16. The zero-order valence-electron chi connectivity index (χ0n) is 34.6. The van der Waals surface area contributed by atoms with Crippen LogP contribution in [0, 0.1) is 0 Å². The van der Waals surface area contributed by atoms with Gasteiger partial charge in [-0.15, -0.1) is 0 Å². The van der Waals surface area contributed by atoms with Crippen molar-refractivity contribution in [2.45, 2.75) is 82.1 Å². The Bertz CT molecular complexity index is 1750. The van der Waals surface area contributed by atoms with Gasteiger partial charge in [0.2, 0.25) is 70.9 Å². The molecule has 64 heavy (non-hydrogen) atoms. The largest absolute Gasteiger partial charge is 0.481 e. The van der Waals surface area contributed by atoms with Gasteiger partial charge in [0.05, 0.1) is 52.2 Å². The number of rotatable bonds is 32. The molecule has 0 heterocycles. The predicted molar refractivity (Wildman–Crippen MR) is 212 cm³/mol. The van der Waals surface area contributed by atoms with E-state index in [1.54, 1.807) is 0 Å². The van der Waals surface area contributed by atoms with Crippen molar-refractivity contribution in [2.24, 2.45) is 17.2 Å². The minimum absolute atomic E-state index is 0.0500. The van der Waals surface area contributed by atoms with Crippen LogP contribution in [0.3, 0.4) is 0 Å². The summed E-state index contributed by atoms with van der Waals surface area (Å²) in [4.78, 5) is 169. The zero-order chi connectivity index (χ0) is 48.9. The fraction of sp³-hybridized carbons (Fsp3) is 0.588. The molecule has 358 valence electrons. The highest BCUT2D eigenvalue weighted by Crippen LogP contribution is 2.02. The average molecular weight is 918 g/mol. The van der Waals surface area contributed by atoms with Gasteiger partial charge in [-0.2, -0.15) is 0 Å². The van der Waals surface area contributed by atoms with Gasteiger partial charge in [-0.05, 0) is 32.2 Å². The standard InChI is InChI=1S/C34H55N13O17/c1-16(49)38-10-23(51)47-21(15-48)34(64)42-14-27(55)46-20(9-29(58)59)33(63)41-12-24(52)43-17(4-2-3-7-35)31(61)39-11-25(53)44-18(5-6-28(56)57)32(62)40-13-26(54)45-19(30(37)60)8-22(36)50/h17-21,48H,2-15,35H2,1H3,(H2,36,50)(H2,37,60)(H,38,49)(H,39,61)(H,40,62)(H,41,63)(H,42,64)(H,43,52)(H,44,53)(H,45,54)(H,46,55)(H,47,51)(H,56,57)(H,58,59)/t17?,18-,19?,20?,21?/m1/s1. The van der Waals surface area contributed by atoms with E-state index in [0.29, 0.717) is 6.42 Å². The molecule has 0 aliphatic rings. The number of primary amides is 2. The molecule has 0 fully saturated rings. The molecule has 0 spiro atoms. The normalized spacial score (nSPS) is 12.7. The summed E-state index contributed by atoms with van der Waals surface area (Å²) in [5.74, 6) is -14.7. The summed E-state index contributed by atoms with van der Waals surface area (Å²) in [5, 5.41) is 49.2. The number of hydrogen-bond donors (Lipinski definition) is 16. The molecule has 0 saturated carbocycles. The number of carboxylic acid groups (broad SMARTS) is 2. The molecule has 12 amide bonds. The maximum Gasteiger partial charge on any atom is 0.305 e. The molecule has 5 atom stereocenters. The number of carboxylic acids is 2. The van der Waals surface area contributed by atoms with Gasteiger partial charge in [0.15, 0.2) is 0 Å². The molecular weight excluding hydrogens is 862 g/mol. The lowest BCUT2D eigenvalue weighted by Crippen LogP contribution is -2.55. The van der Waals surface area contributed by atoms with Crippen LogP contribution in [0.5, 0.6) is 0 Å². The lowest BCUT2D eigenvalue weighted by atomic mass is 10.1. The van der Waals surface area contributed by atoms with E-state index in [2.05, 4.69) is 47.9 Å². The lowest BCUT2D eigenvalue weighted by molar-refractivity contribution is -0.141. The number of aliphatic hydroxyl groups is 1. The van der Waals surface area contributed by atoms with Gasteiger partial charge in [-0.3, -0.25) is 67.1 Å². The van der Waals surface area contributed by atoms with E-state index in [-0.39, 0.29) is 19.4 Å². The number of nitrogens with one attached hydrogen (secondary N) is 10. The minimum atomic E-state index is -1.80. The van der Waals surface area contributed by atoms with Crippen molar-refractivity contribution < 1.29 is 82.4 Å². The molecule has 0 aromatic carbocycles. The Balaban J connectivity index is 5.47. The Morgan fingerprint density at radius 3 is 1.22 bits per heavy atom. The summed E-state index contributed by atoms with van der Waals surface area (Å²) in [6.45, 7) is -3.48. The molecule has 30 heteroatoms. The van der Waals surface area contributed by atoms with Crippen LogP contribution >= 0.6 is 0 Å². The molecule has 0 radical (unpaired) electrons. The second-order valence-electron chi connectivity index (χ2n) is 13.5. The number of carbonyl (C=O) groups excluding carboxylic acids is 12. The SMILES string of the molecule is CC(=O)NCC(=O)NC(CO)C(=O)NCC(=O)NC(CC(=O)O)C(=O)NCC(=O)NC(CCCCN)C(=O)NCC(=O)N[C@H](CCC(=O)O)C(=O)NCC(=O)NC(CC(N)=O)C(N)=O. The van der Waals surface area contributed by atoms with Crippen LogP contribution in [0.4, 0.5) is 0 Å². The third-order valence-electron chi connectivity index (χ3n) is 8.04. The second kappa shape index (κ2) is 30.5. The summed E-state index contributed by atoms with van der Waals surface area (Å²) < 4.78 is 0. The van der Waals surface area contributed by atoms with Gasteiger partial charge in [0.1, 0.15) is 30.2 Å². The third kappa shape index (κ3) is 26.0. The first kappa shape index (κ1) is 56.5. The van der Waals surface area contributed by atoms with E-state index >= 15 is 0 Å². The fourth-order valence-electron chi connectivity index (χ4n) is 4.89. The van der Waals surface area contributed by atoms with E-state index in [9.17, 15) is 77.3 Å². The van der Waals surface area contributed by atoms with Crippen LogP contribution in [0.15, 0.2) is 0 Å². The molecule has 0 rings (SSSR count). The van der Waals surface area contributed by atoms with Crippen molar-refractivity contribution >= 4 is 82.8 Å². The second-order valence-corrected chi connectivity index (χ2v) is 13.5. The van der Waals surface area contributed by atoms with Crippen molar-refractivity contribution in [2.75, 3.05) is 45.9 Å². The molecule has 0 aliphatic heterocycles. The average Bonchev–Trinajstić information content (AvgIpc) is 3.21. The topological polar surface area (TPSA) is 498 Å². The summed E-state index contributed by atoms with van der Waals surface area (Å²) in [5.41, 5.74) is 15.6. The molecule has 19 N–H and O–H groups in total. The first-order chi connectivity index (χ1) is 30.0. The van der Waals surface area contributed by atoms with E-state index in [1.807, 2.05) is 5.32 Å². The number of unbranched alkanes of at least 4 members (excludes halogenated alkanes) is 1. The summed E-state index contributed by atoms with van der Waals surface area (Å²) in [6.07, 6.45) is -2.15. The molecule has 0 saturated heterocycles. The van der Waals surface area contributed by atoms with Crippen LogP contribution in [-0.4, -0.2) is 174 Å². The van der Waals surface area contributed by atoms with Gasteiger partial charge in [0.25, 0.3) is 0 Å². The molecule has 0 aromatic heterocycles. The smallest absolute Gasteiger partial charge is 0.305 e. The van der Waals surface area contributed by atoms with Gasteiger partial charge >= 0.3 is 11.9 Å². The molecule has 0 bridgehead atoms. The van der Waals surface area contributed by atoms with E-state index < -0.39 is 178 Å². The van der Waals surface area contributed by atoms with Crippen LogP contribution in [0.2, 0.25) is 0 Å². The van der Waals surface area contributed by atoms with Crippen molar-refractivity contribution in [3.05, 3.63) is 0 Å². The Kier molecular flexibility index (Phi) is 26.9. The van der Waals surface area contributed by atoms with Crippen LogP contribution in [0.1, 0.15) is 51.9 Å². The highest BCUT2D eigenvalue weighted by atomic mass is 16.4. The van der Waals surface area contributed by atoms with E-state index in [0.717, 1.165) is 6.92 Å². The van der Waals surface area contributed by atoms with Crippen LogP contribution < -0.4 is 70.4 Å². The van der Waals surface area contributed by atoms with Crippen molar-refractivity contribution in [3.8, 4) is 0 Å². The third-order valence-corrected chi connectivity index (χ3v) is 8.04. The summed E-state index contributed by atoms with van der Waals surface area (Å²) in [7, 11) is 0. The molecule has 0 aromatic rings. The summed E-state index contributed by atoms with van der Waals surface area (Å²) >= 11 is 0. The Hall–Kier alpha value is -7.50. The van der Waals surface area contributed by atoms with Crippen LogP contribution in [-0.2, 0) is 67.1 Å². The molecule has 30 nitrogen and oxygen atoms in total. The van der Waals surface area contributed by atoms with Gasteiger partial charge in [0, 0.05) is 13.3 Å². The number of aliphatic carboxylic acids is 2. The zero-order valence-corrected chi connectivity index (χ0v) is 34.6. The Morgan fingerprint density at radius 2 is 0.844 bits per heavy atom. The van der Waals surface area contributed by atoms with Crippen molar-refractivity contribution in [3.63, 3.8) is 0 Å².